The lowest BCUT2D eigenvalue weighted by Gasteiger charge is -2.30. The molecule has 0 bridgehead atoms. The number of rotatable bonds is 7. The van der Waals surface area contributed by atoms with E-state index in [2.05, 4.69) is 231 Å². The Hall–Kier alpha value is -7.00. The largest absolute Gasteiger partial charge is 0.310 e. The molecule has 2 heteroatoms. The molecule has 1 nitrogen and oxygen atoms in total. The van der Waals surface area contributed by atoms with Gasteiger partial charge in [0.2, 0.25) is 0 Å². The van der Waals surface area contributed by atoms with Crippen molar-refractivity contribution in [2.75, 3.05) is 4.90 Å². The van der Waals surface area contributed by atoms with Gasteiger partial charge in [0.1, 0.15) is 0 Å². The van der Waals surface area contributed by atoms with Gasteiger partial charge in [0.15, 0.2) is 0 Å². The summed E-state index contributed by atoms with van der Waals surface area (Å²) in [5, 5.41) is 2.59. The minimum atomic E-state index is -0.141. The van der Waals surface area contributed by atoms with Crippen LogP contribution in [-0.2, 0) is 5.41 Å². The van der Waals surface area contributed by atoms with Gasteiger partial charge in [-0.05, 0) is 104 Å². The first kappa shape index (κ1) is 35.2. The van der Waals surface area contributed by atoms with E-state index in [4.69, 9.17) is 0 Å². The van der Waals surface area contributed by atoms with E-state index >= 15 is 0 Å². The van der Waals surface area contributed by atoms with Crippen LogP contribution < -0.4 is 4.90 Å². The minimum Gasteiger partial charge on any atom is -0.310 e. The van der Waals surface area contributed by atoms with Crippen LogP contribution in [0.15, 0.2) is 212 Å². The molecular weight excluding hydrogens is 731 g/mol. The number of hydrogen-bond acceptors (Lipinski definition) is 2. The molecule has 1 aromatic heterocycles. The summed E-state index contributed by atoms with van der Waals surface area (Å²) in [6.07, 6.45) is 0. The third kappa shape index (κ3) is 5.82. The second kappa shape index (κ2) is 14.1. The van der Waals surface area contributed by atoms with Crippen molar-refractivity contribution in [2.24, 2.45) is 0 Å². The smallest absolute Gasteiger partial charge is 0.0540 e. The van der Waals surface area contributed by atoms with E-state index in [9.17, 15) is 0 Å². The minimum absolute atomic E-state index is 0.141. The van der Waals surface area contributed by atoms with Crippen molar-refractivity contribution in [3.63, 3.8) is 0 Å². The zero-order valence-corrected chi connectivity index (χ0v) is 33.9. The van der Waals surface area contributed by atoms with Crippen molar-refractivity contribution in [1.29, 1.82) is 0 Å². The second-order valence-electron chi connectivity index (χ2n) is 16.0. The van der Waals surface area contributed by atoms with E-state index in [1.54, 1.807) is 0 Å². The maximum Gasteiger partial charge on any atom is 0.0540 e. The molecule has 10 aromatic rings. The fraction of sp³-hybridized carbons (Fsp3) is 0.0526. The summed E-state index contributed by atoms with van der Waals surface area (Å²) in [7, 11) is 0. The topological polar surface area (TPSA) is 3.24 Å². The van der Waals surface area contributed by atoms with Gasteiger partial charge in [-0.3, -0.25) is 0 Å². The fourth-order valence-corrected chi connectivity index (χ4v) is 10.6. The summed E-state index contributed by atoms with van der Waals surface area (Å²) >= 11 is 1.88. The van der Waals surface area contributed by atoms with E-state index in [1.807, 2.05) is 11.3 Å². The number of benzene rings is 9. The van der Waals surface area contributed by atoms with E-state index < -0.39 is 0 Å². The lowest BCUT2D eigenvalue weighted by molar-refractivity contribution is 0.660. The van der Waals surface area contributed by atoms with Gasteiger partial charge in [-0.15, -0.1) is 11.3 Å². The number of para-hydroxylation sites is 1. The summed E-state index contributed by atoms with van der Waals surface area (Å²) < 4.78 is 2.59. The van der Waals surface area contributed by atoms with Gasteiger partial charge in [0.25, 0.3) is 0 Å². The monoisotopic (exact) mass is 771 g/mol. The van der Waals surface area contributed by atoms with Crippen LogP contribution in [0.4, 0.5) is 17.1 Å². The first-order chi connectivity index (χ1) is 29.0. The first-order valence-electron chi connectivity index (χ1n) is 20.4. The maximum absolute atomic E-state index is 2.49. The summed E-state index contributed by atoms with van der Waals surface area (Å²) in [5.41, 5.74) is 18.3. The van der Waals surface area contributed by atoms with Crippen molar-refractivity contribution in [3.8, 4) is 55.6 Å². The molecule has 0 amide bonds. The highest BCUT2D eigenvalue weighted by Gasteiger charge is 2.36. The molecule has 1 aliphatic carbocycles. The van der Waals surface area contributed by atoms with Gasteiger partial charge in [0.05, 0.1) is 5.69 Å². The Morgan fingerprint density at radius 3 is 1.78 bits per heavy atom. The molecule has 0 saturated carbocycles. The van der Waals surface area contributed by atoms with Crippen LogP contribution in [0.25, 0.3) is 75.8 Å². The Labute approximate surface area is 350 Å². The molecule has 0 spiro atoms. The molecule has 9 aromatic carbocycles. The van der Waals surface area contributed by atoms with Crippen LogP contribution in [0.1, 0.15) is 25.0 Å². The first-order valence-corrected chi connectivity index (χ1v) is 21.2. The highest BCUT2D eigenvalue weighted by molar-refractivity contribution is 7.26. The van der Waals surface area contributed by atoms with Crippen molar-refractivity contribution in [2.45, 2.75) is 19.3 Å². The zero-order valence-electron chi connectivity index (χ0n) is 33.1. The molecule has 1 heterocycles. The van der Waals surface area contributed by atoms with Crippen LogP contribution in [0.5, 0.6) is 0 Å². The molecule has 0 N–H and O–H groups in total. The molecule has 0 unspecified atom stereocenters. The quantitative estimate of drug-likeness (QED) is 0.156. The van der Waals surface area contributed by atoms with Gasteiger partial charge in [-0.25, -0.2) is 0 Å². The van der Waals surface area contributed by atoms with Crippen LogP contribution in [-0.4, -0.2) is 0 Å². The lowest BCUT2D eigenvalue weighted by Crippen LogP contribution is -2.17. The van der Waals surface area contributed by atoms with Crippen LogP contribution in [0.2, 0.25) is 0 Å². The van der Waals surface area contributed by atoms with Gasteiger partial charge < -0.3 is 4.90 Å². The number of nitrogens with zero attached hydrogens (tertiary/aromatic N) is 1. The predicted octanol–water partition coefficient (Wildman–Crippen LogP) is 16.5. The Bertz CT molecular complexity index is 3190. The Balaban J connectivity index is 1.20. The molecular formula is C57H41NS. The van der Waals surface area contributed by atoms with E-state index in [1.165, 1.54) is 86.9 Å². The molecule has 0 aliphatic heterocycles. The maximum atomic E-state index is 2.49. The van der Waals surface area contributed by atoms with E-state index in [-0.39, 0.29) is 5.41 Å². The Morgan fingerprint density at radius 1 is 0.373 bits per heavy atom. The second-order valence-corrected chi connectivity index (χ2v) is 17.1. The Morgan fingerprint density at radius 2 is 0.966 bits per heavy atom. The number of hydrogen-bond donors (Lipinski definition) is 0. The number of fused-ring (bicyclic) bond motifs is 6. The molecule has 11 rings (SSSR count). The molecule has 59 heavy (non-hydrogen) atoms. The van der Waals surface area contributed by atoms with Gasteiger partial charge >= 0.3 is 0 Å². The molecule has 0 atom stereocenters. The average molecular weight is 772 g/mol. The summed E-state index contributed by atoms with van der Waals surface area (Å²) in [4.78, 5) is 2.49. The predicted molar refractivity (Wildman–Crippen MR) is 253 cm³/mol. The zero-order chi connectivity index (χ0) is 39.5. The molecule has 0 fully saturated rings. The fourth-order valence-electron chi connectivity index (χ4n) is 9.50. The van der Waals surface area contributed by atoms with Crippen LogP contribution >= 0.6 is 11.3 Å². The SMILES string of the molecule is CC1(C)c2ccccc2-c2ccc(N(c3cccc(-c4ccccc4)c3)c3ccccc3-c3ccc4sc5ccccc5c4c3-c3ccccc3-c3ccccc3)cc21. The summed E-state index contributed by atoms with van der Waals surface area (Å²) in [6, 6.07) is 78.2. The average Bonchev–Trinajstić information content (AvgIpc) is 3.79. The molecule has 1 aliphatic rings. The van der Waals surface area contributed by atoms with E-state index in [0.29, 0.717) is 0 Å². The normalized spacial score (nSPS) is 12.7. The van der Waals surface area contributed by atoms with E-state index in [0.717, 1.165) is 17.1 Å². The number of thiophene rings is 1. The van der Waals surface area contributed by atoms with Crippen molar-refractivity contribution < 1.29 is 0 Å². The molecule has 0 radical (unpaired) electrons. The highest BCUT2D eigenvalue weighted by Crippen LogP contribution is 2.53. The third-order valence-electron chi connectivity index (χ3n) is 12.3. The van der Waals surface area contributed by atoms with Crippen molar-refractivity contribution in [1.82, 2.24) is 0 Å². The van der Waals surface area contributed by atoms with Gasteiger partial charge in [-0.1, -0.05) is 184 Å². The van der Waals surface area contributed by atoms with Crippen molar-refractivity contribution in [3.05, 3.63) is 223 Å². The Kier molecular flexibility index (Phi) is 8.43. The molecule has 280 valence electrons. The lowest BCUT2D eigenvalue weighted by atomic mass is 9.82. The standard InChI is InChI=1S/C57H41NS/c1-57(2)50-29-14-11-25-44(50)45-33-32-42(37-51(45)57)58(41-23-17-22-40(36-41)38-18-5-3-6-19-38)52-30-15-12-26-46(52)48-34-35-54-56(49-28-13-16-31-53(49)59-54)55(48)47-27-10-9-24-43(47)39-20-7-4-8-21-39/h3-37H,1-2H3. The van der Waals surface area contributed by atoms with Gasteiger partial charge in [-0.2, -0.15) is 0 Å². The summed E-state index contributed by atoms with van der Waals surface area (Å²) in [5.74, 6) is 0. The van der Waals surface area contributed by atoms with Crippen LogP contribution in [0, 0.1) is 0 Å². The number of anilines is 3. The van der Waals surface area contributed by atoms with Crippen molar-refractivity contribution >= 4 is 48.6 Å². The van der Waals surface area contributed by atoms with Crippen LogP contribution in [0.3, 0.4) is 0 Å². The van der Waals surface area contributed by atoms with Gasteiger partial charge in [0, 0.05) is 42.5 Å². The molecule has 0 saturated heterocycles. The summed E-state index contributed by atoms with van der Waals surface area (Å²) in [6.45, 7) is 4.74. The highest BCUT2D eigenvalue weighted by atomic mass is 32.1. The third-order valence-corrected chi connectivity index (χ3v) is 13.4.